The second-order valence-corrected chi connectivity index (χ2v) is 6.57. The quantitative estimate of drug-likeness (QED) is 0.774. The number of para-hydroxylation sites is 1. The van der Waals surface area contributed by atoms with E-state index < -0.39 is 0 Å². The lowest BCUT2D eigenvalue weighted by atomic mass is 10.0. The number of hydrogen-bond acceptors (Lipinski definition) is 3. The summed E-state index contributed by atoms with van der Waals surface area (Å²) in [5, 5.41) is 3.53. The van der Waals surface area contributed by atoms with E-state index in [1.807, 2.05) is 6.07 Å². The van der Waals surface area contributed by atoms with E-state index >= 15 is 0 Å². The van der Waals surface area contributed by atoms with Crippen LogP contribution in [0.1, 0.15) is 45.1 Å². The molecule has 20 heavy (non-hydrogen) atoms. The number of unbranched alkanes of at least 4 members (excludes halogenated alkanes) is 1. The Kier molecular flexibility index (Phi) is 3.88. The molecule has 0 amide bonds. The molecule has 1 N–H and O–H groups in total. The van der Waals surface area contributed by atoms with Crippen molar-refractivity contribution in [3.05, 3.63) is 23.8 Å². The fourth-order valence-corrected chi connectivity index (χ4v) is 2.70. The Morgan fingerprint density at radius 1 is 1.30 bits per heavy atom. The number of rotatable bonds is 7. The Bertz CT molecular complexity index is 466. The minimum absolute atomic E-state index is 0.101. The Balaban J connectivity index is 1.45. The SMILES string of the molecule is CC1(C)Cc2cccc(OCCCCNC3CC3)c2O1. The number of fused-ring (bicyclic) bond motifs is 1. The van der Waals surface area contributed by atoms with E-state index in [1.165, 1.54) is 24.8 Å². The van der Waals surface area contributed by atoms with Gasteiger partial charge in [0.15, 0.2) is 11.5 Å². The highest BCUT2D eigenvalue weighted by Crippen LogP contribution is 2.41. The topological polar surface area (TPSA) is 30.5 Å². The Labute approximate surface area is 121 Å². The van der Waals surface area contributed by atoms with Gasteiger partial charge in [0, 0.05) is 18.0 Å². The van der Waals surface area contributed by atoms with E-state index in [0.717, 1.165) is 43.5 Å². The first-order chi connectivity index (χ1) is 9.64. The maximum atomic E-state index is 6.01. The van der Waals surface area contributed by atoms with Gasteiger partial charge in [-0.2, -0.15) is 0 Å². The van der Waals surface area contributed by atoms with Crippen molar-refractivity contribution in [1.29, 1.82) is 0 Å². The Morgan fingerprint density at radius 2 is 2.15 bits per heavy atom. The minimum Gasteiger partial charge on any atom is -0.490 e. The summed E-state index contributed by atoms with van der Waals surface area (Å²) in [6, 6.07) is 7.02. The van der Waals surface area contributed by atoms with E-state index in [-0.39, 0.29) is 5.60 Å². The summed E-state index contributed by atoms with van der Waals surface area (Å²) in [6.45, 7) is 6.14. The summed E-state index contributed by atoms with van der Waals surface area (Å²) in [6.07, 6.45) is 5.95. The molecular formula is C17H25NO2. The van der Waals surface area contributed by atoms with Crippen LogP contribution in [0.4, 0.5) is 0 Å². The third kappa shape index (κ3) is 3.45. The molecule has 1 heterocycles. The van der Waals surface area contributed by atoms with E-state index in [1.54, 1.807) is 0 Å². The maximum absolute atomic E-state index is 6.01. The highest BCUT2D eigenvalue weighted by molar-refractivity contribution is 5.50. The third-order valence-electron chi connectivity index (χ3n) is 3.89. The lowest BCUT2D eigenvalue weighted by Gasteiger charge is -2.18. The maximum Gasteiger partial charge on any atom is 0.165 e. The highest BCUT2D eigenvalue weighted by Gasteiger charge is 2.32. The Morgan fingerprint density at radius 3 is 2.95 bits per heavy atom. The second-order valence-electron chi connectivity index (χ2n) is 6.57. The zero-order chi connectivity index (χ0) is 14.0. The first-order valence-electron chi connectivity index (χ1n) is 7.81. The lowest BCUT2D eigenvalue weighted by Crippen LogP contribution is -2.24. The third-order valence-corrected chi connectivity index (χ3v) is 3.89. The summed E-state index contributed by atoms with van der Waals surface area (Å²) in [4.78, 5) is 0. The van der Waals surface area contributed by atoms with Crippen LogP contribution in [0.2, 0.25) is 0 Å². The molecule has 0 atom stereocenters. The molecule has 0 aromatic heterocycles. The standard InChI is InChI=1S/C17H25NO2/c1-17(2)12-13-6-5-7-15(16(13)20-17)19-11-4-3-10-18-14-8-9-14/h5-7,14,18H,3-4,8-12H2,1-2H3. The number of ether oxygens (including phenoxy) is 2. The number of benzene rings is 1. The van der Waals surface area contributed by atoms with Gasteiger partial charge in [-0.25, -0.2) is 0 Å². The molecule has 0 saturated heterocycles. The van der Waals surface area contributed by atoms with Crippen LogP contribution < -0.4 is 14.8 Å². The van der Waals surface area contributed by atoms with Crippen LogP contribution in [0, 0.1) is 0 Å². The molecule has 1 aromatic rings. The van der Waals surface area contributed by atoms with Gasteiger partial charge in [-0.1, -0.05) is 12.1 Å². The average Bonchev–Trinajstić information content (AvgIpc) is 3.15. The summed E-state index contributed by atoms with van der Waals surface area (Å²) < 4.78 is 11.9. The van der Waals surface area contributed by atoms with Gasteiger partial charge in [0.1, 0.15) is 5.60 Å². The fraction of sp³-hybridized carbons (Fsp3) is 0.647. The Hall–Kier alpha value is -1.22. The monoisotopic (exact) mass is 275 g/mol. The molecule has 0 unspecified atom stereocenters. The first-order valence-corrected chi connectivity index (χ1v) is 7.81. The van der Waals surface area contributed by atoms with Gasteiger partial charge < -0.3 is 14.8 Å². The molecule has 0 spiro atoms. The van der Waals surface area contributed by atoms with Crippen molar-refractivity contribution in [2.24, 2.45) is 0 Å². The molecule has 3 nitrogen and oxygen atoms in total. The normalized spacial score (nSPS) is 19.5. The van der Waals surface area contributed by atoms with Crippen molar-refractivity contribution in [3.63, 3.8) is 0 Å². The van der Waals surface area contributed by atoms with Gasteiger partial charge in [0.25, 0.3) is 0 Å². The van der Waals surface area contributed by atoms with Gasteiger partial charge in [-0.3, -0.25) is 0 Å². The van der Waals surface area contributed by atoms with Crippen LogP contribution in [0.15, 0.2) is 18.2 Å². The van der Waals surface area contributed by atoms with Crippen molar-refractivity contribution < 1.29 is 9.47 Å². The molecule has 1 aliphatic heterocycles. The largest absolute Gasteiger partial charge is 0.490 e. The van der Waals surface area contributed by atoms with Crippen LogP contribution in [0.25, 0.3) is 0 Å². The molecule has 1 saturated carbocycles. The molecule has 1 aromatic carbocycles. The van der Waals surface area contributed by atoms with Crippen molar-refractivity contribution >= 4 is 0 Å². The van der Waals surface area contributed by atoms with Crippen LogP contribution in [0.5, 0.6) is 11.5 Å². The molecule has 1 aliphatic carbocycles. The van der Waals surface area contributed by atoms with Gasteiger partial charge in [0.2, 0.25) is 0 Å². The highest BCUT2D eigenvalue weighted by atomic mass is 16.5. The van der Waals surface area contributed by atoms with Crippen LogP contribution in [0.3, 0.4) is 0 Å². The average molecular weight is 275 g/mol. The van der Waals surface area contributed by atoms with Gasteiger partial charge >= 0.3 is 0 Å². The van der Waals surface area contributed by atoms with Crippen LogP contribution >= 0.6 is 0 Å². The zero-order valence-corrected chi connectivity index (χ0v) is 12.6. The second kappa shape index (κ2) is 5.65. The molecule has 3 rings (SSSR count). The van der Waals surface area contributed by atoms with E-state index in [9.17, 15) is 0 Å². The first kappa shape index (κ1) is 13.7. The van der Waals surface area contributed by atoms with Crippen LogP contribution in [-0.4, -0.2) is 24.8 Å². The van der Waals surface area contributed by atoms with Crippen molar-refractivity contribution in [2.75, 3.05) is 13.2 Å². The molecule has 0 radical (unpaired) electrons. The number of hydrogen-bond donors (Lipinski definition) is 1. The molecular weight excluding hydrogens is 250 g/mol. The van der Waals surface area contributed by atoms with Crippen molar-refractivity contribution in [3.8, 4) is 11.5 Å². The van der Waals surface area contributed by atoms with E-state index in [4.69, 9.17) is 9.47 Å². The van der Waals surface area contributed by atoms with E-state index in [2.05, 4.69) is 31.3 Å². The molecule has 2 aliphatic rings. The summed E-state index contributed by atoms with van der Waals surface area (Å²) >= 11 is 0. The van der Waals surface area contributed by atoms with Gasteiger partial charge in [-0.15, -0.1) is 0 Å². The zero-order valence-electron chi connectivity index (χ0n) is 12.6. The molecule has 1 fully saturated rings. The predicted octanol–water partition coefficient (Wildman–Crippen LogP) is 3.31. The lowest BCUT2D eigenvalue weighted by molar-refractivity contribution is 0.132. The fourth-order valence-electron chi connectivity index (χ4n) is 2.70. The minimum atomic E-state index is -0.101. The molecule has 0 bridgehead atoms. The molecule has 3 heteroatoms. The van der Waals surface area contributed by atoms with Crippen molar-refractivity contribution in [1.82, 2.24) is 5.32 Å². The van der Waals surface area contributed by atoms with Crippen LogP contribution in [-0.2, 0) is 6.42 Å². The van der Waals surface area contributed by atoms with Gasteiger partial charge in [-0.05, 0) is 52.1 Å². The summed E-state index contributed by atoms with van der Waals surface area (Å²) in [7, 11) is 0. The van der Waals surface area contributed by atoms with Crippen molar-refractivity contribution in [2.45, 2.75) is 57.6 Å². The van der Waals surface area contributed by atoms with E-state index in [0.29, 0.717) is 0 Å². The summed E-state index contributed by atoms with van der Waals surface area (Å²) in [5.41, 5.74) is 1.17. The summed E-state index contributed by atoms with van der Waals surface area (Å²) in [5.74, 6) is 1.86. The predicted molar refractivity (Wildman–Crippen MR) is 80.6 cm³/mol. The van der Waals surface area contributed by atoms with Gasteiger partial charge in [0.05, 0.1) is 6.61 Å². The smallest absolute Gasteiger partial charge is 0.165 e. The molecule has 110 valence electrons. The number of nitrogens with one attached hydrogen (secondary N) is 1.